The molecule has 0 bridgehead atoms. The number of rotatable bonds is 7. The van der Waals surface area contributed by atoms with E-state index in [0.717, 1.165) is 53.2 Å². The van der Waals surface area contributed by atoms with E-state index in [-0.39, 0.29) is 0 Å². The van der Waals surface area contributed by atoms with Gasteiger partial charge in [0, 0.05) is 43.1 Å². The van der Waals surface area contributed by atoms with Gasteiger partial charge in [-0.2, -0.15) is 0 Å². The molecule has 1 saturated carbocycles. The van der Waals surface area contributed by atoms with Gasteiger partial charge in [-0.05, 0) is 60.8 Å². The van der Waals surface area contributed by atoms with Gasteiger partial charge >= 0.3 is 6.09 Å². The van der Waals surface area contributed by atoms with E-state index in [1.807, 2.05) is 18.3 Å². The monoisotopic (exact) mass is 531 g/mol. The van der Waals surface area contributed by atoms with Crippen LogP contribution in [0.2, 0.25) is 5.02 Å². The van der Waals surface area contributed by atoms with Gasteiger partial charge in [-0.15, -0.1) is 5.48 Å². The lowest BCUT2D eigenvalue weighted by Crippen LogP contribution is -2.25. The number of pyridine rings is 2. The molecule has 1 unspecified atom stereocenters. The summed E-state index contributed by atoms with van der Waals surface area (Å²) in [6.45, 7) is 3.25. The molecule has 1 aliphatic heterocycles. The Bertz CT molecular complexity index is 1450. The molecule has 4 aromatic heterocycles. The van der Waals surface area contributed by atoms with Gasteiger partial charge in [-0.25, -0.2) is 14.8 Å². The van der Waals surface area contributed by atoms with Gasteiger partial charge in [0.05, 0.1) is 16.1 Å². The van der Waals surface area contributed by atoms with E-state index in [1.54, 1.807) is 18.6 Å². The first-order valence-corrected chi connectivity index (χ1v) is 13.5. The number of hydrogen-bond donors (Lipinski definition) is 2. The van der Waals surface area contributed by atoms with Crippen molar-refractivity contribution in [1.29, 1.82) is 0 Å². The normalized spacial score (nSPS) is 21.4. The zero-order valence-corrected chi connectivity index (χ0v) is 22.0. The number of aryl methyl sites for hydroxylation is 2. The van der Waals surface area contributed by atoms with Crippen molar-refractivity contribution >= 4 is 28.7 Å². The molecule has 196 valence electrons. The molecule has 2 aliphatic rings. The van der Waals surface area contributed by atoms with E-state index < -0.39 is 12.3 Å². The van der Waals surface area contributed by atoms with Gasteiger partial charge in [0.15, 0.2) is 12.0 Å². The number of aromatic nitrogens is 5. The quantitative estimate of drug-likeness (QED) is 0.329. The molecule has 0 aromatic carbocycles. The number of nitrogens with zero attached hydrogens (tertiary/aromatic N) is 5. The number of hydrogen-bond acceptors (Lipinski definition) is 7. The molecule has 0 radical (unpaired) electrons. The Hall–Kier alpha value is -3.56. The Kier molecular flexibility index (Phi) is 6.95. The van der Waals surface area contributed by atoms with Crippen molar-refractivity contribution in [2.75, 3.05) is 0 Å². The van der Waals surface area contributed by atoms with E-state index in [1.165, 1.54) is 31.2 Å². The largest absolute Gasteiger partial charge is 0.427 e. The molecule has 5 heterocycles. The van der Waals surface area contributed by atoms with Gasteiger partial charge in [0.25, 0.3) is 0 Å². The zero-order valence-electron chi connectivity index (χ0n) is 21.2. The highest BCUT2D eigenvalue weighted by atomic mass is 35.5. The highest BCUT2D eigenvalue weighted by molar-refractivity contribution is 6.30. The summed E-state index contributed by atoms with van der Waals surface area (Å²) in [5.74, 6) is 1.81. The van der Waals surface area contributed by atoms with Gasteiger partial charge in [0.2, 0.25) is 0 Å². The van der Waals surface area contributed by atoms with Crippen LogP contribution in [0.15, 0.2) is 49.2 Å². The number of carbonyl (C=O) groups excluding carboxylic acids is 1. The fraction of sp³-hybridized carbons (Fsp3) is 0.393. The number of halogens is 1. The molecule has 4 aromatic rings. The predicted octanol–water partition coefficient (Wildman–Crippen LogP) is 5.40. The summed E-state index contributed by atoms with van der Waals surface area (Å²) in [4.78, 5) is 35.2. The van der Waals surface area contributed by atoms with Crippen LogP contribution in [0.5, 0.6) is 0 Å². The highest BCUT2D eigenvalue weighted by Crippen LogP contribution is 2.35. The molecular formula is C28H30ClN7O2. The van der Waals surface area contributed by atoms with Crippen molar-refractivity contribution in [2.24, 2.45) is 11.8 Å². The van der Waals surface area contributed by atoms with Gasteiger partial charge in [-0.1, -0.05) is 37.4 Å². The van der Waals surface area contributed by atoms with Crippen LogP contribution >= 0.6 is 11.6 Å². The van der Waals surface area contributed by atoms with Crippen molar-refractivity contribution in [1.82, 2.24) is 35.3 Å². The van der Waals surface area contributed by atoms with Crippen LogP contribution in [-0.4, -0.2) is 30.6 Å². The third-order valence-corrected chi connectivity index (χ3v) is 7.78. The first kappa shape index (κ1) is 24.8. The fourth-order valence-corrected chi connectivity index (χ4v) is 5.68. The minimum absolute atomic E-state index is 0.421. The lowest BCUT2D eigenvalue weighted by molar-refractivity contribution is 0.120. The van der Waals surface area contributed by atoms with E-state index in [2.05, 4.69) is 44.5 Å². The average Bonchev–Trinajstić information content (AvgIpc) is 3.52. The maximum absolute atomic E-state index is 11.8. The molecule has 9 nitrogen and oxygen atoms in total. The van der Waals surface area contributed by atoms with Crippen LogP contribution in [0.4, 0.5) is 4.79 Å². The molecule has 2 fully saturated rings. The average molecular weight is 532 g/mol. The molecule has 0 spiro atoms. The van der Waals surface area contributed by atoms with Crippen LogP contribution in [0, 0.1) is 11.8 Å². The standard InChI is InChI=1S/C28H30ClN7O2/c1-17-4-6-19(7-5-17)15-36-16-20(9-8-18-3-2-10-30-12-18)23-25(36)24(21-11-22(29)14-31-13-21)33-26(32-23)27-34-28(37)38-35-27/h2-3,10-14,16-17,19,27,35H,4-9,15H2,1H3,(H,34,37). The smallest absolute Gasteiger partial charge is 0.351 e. The predicted molar refractivity (Wildman–Crippen MR) is 144 cm³/mol. The van der Waals surface area contributed by atoms with Crippen LogP contribution in [0.1, 0.15) is 55.7 Å². The van der Waals surface area contributed by atoms with E-state index in [0.29, 0.717) is 16.8 Å². The second-order valence-corrected chi connectivity index (χ2v) is 10.8. The van der Waals surface area contributed by atoms with Crippen LogP contribution in [0.3, 0.4) is 0 Å². The second kappa shape index (κ2) is 10.7. The first-order valence-electron chi connectivity index (χ1n) is 13.2. The van der Waals surface area contributed by atoms with E-state index >= 15 is 0 Å². The summed E-state index contributed by atoms with van der Waals surface area (Å²) < 4.78 is 2.33. The molecular weight excluding hydrogens is 502 g/mol. The summed E-state index contributed by atoms with van der Waals surface area (Å²) in [5, 5.41) is 3.26. The van der Waals surface area contributed by atoms with Crippen molar-refractivity contribution in [3.63, 3.8) is 0 Å². The molecule has 1 saturated heterocycles. The SMILES string of the molecule is CC1CCC(Cn2cc(CCc3cccnc3)c3nc(C4NOC(=O)N4)nc(-c4cncc(Cl)c4)c32)CC1. The summed E-state index contributed by atoms with van der Waals surface area (Å²) in [7, 11) is 0. The Morgan fingerprint density at radius 1 is 1.11 bits per heavy atom. The van der Waals surface area contributed by atoms with Gasteiger partial charge in [0.1, 0.15) is 5.69 Å². The summed E-state index contributed by atoms with van der Waals surface area (Å²) in [5.41, 5.74) is 8.34. The molecule has 2 N–H and O–H groups in total. The second-order valence-electron chi connectivity index (χ2n) is 10.4. The molecule has 10 heteroatoms. The number of carbonyl (C=O) groups is 1. The highest BCUT2D eigenvalue weighted by Gasteiger charge is 2.29. The Morgan fingerprint density at radius 2 is 1.97 bits per heavy atom. The third-order valence-electron chi connectivity index (χ3n) is 7.57. The fourth-order valence-electron chi connectivity index (χ4n) is 5.50. The molecule has 1 aliphatic carbocycles. The van der Waals surface area contributed by atoms with Crippen LogP contribution < -0.4 is 10.8 Å². The topological polar surface area (TPSA) is 107 Å². The minimum atomic E-state index is -0.660. The van der Waals surface area contributed by atoms with E-state index in [4.69, 9.17) is 26.4 Å². The van der Waals surface area contributed by atoms with Crippen LogP contribution in [0.25, 0.3) is 22.3 Å². The number of nitrogens with one attached hydrogen (secondary N) is 2. The number of amides is 1. The molecule has 1 atom stereocenters. The molecule has 6 rings (SSSR count). The minimum Gasteiger partial charge on any atom is -0.351 e. The first-order chi connectivity index (χ1) is 18.5. The Labute approximate surface area is 226 Å². The summed E-state index contributed by atoms with van der Waals surface area (Å²) in [6.07, 6.45) is 14.7. The lowest BCUT2D eigenvalue weighted by atomic mass is 9.83. The Balaban J connectivity index is 1.48. The number of fused-ring (bicyclic) bond motifs is 1. The van der Waals surface area contributed by atoms with Crippen molar-refractivity contribution in [3.05, 3.63) is 71.2 Å². The molecule has 1 amide bonds. The van der Waals surface area contributed by atoms with Crippen molar-refractivity contribution in [2.45, 2.75) is 58.2 Å². The van der Waals surface area contributed by atoms with Crippen molar-refractivity contribution in [3.8, 4) is 11.3 Å². The Morgan fingerprint density at radius 3 is 2.71 bits per heavy atom. The maximum Gasteiger partial charge on any atom is 0.427 e. The number of hydroxylamine groups is 1. The summed E-state index contributed by atoms with van der Waals surface area (Å²) >= 11 is 6.36. The zero-order chi connectivity index (χ0) is 26.1. The lowest BCUT2D eigenvalue weighted by Gasteiger charge is -2.27. The van der Waals surface area contributed by atoms with Crippen LogP contribution in [-0.2, 0) is 24.2 Å². The molecule has 38 heavy (non-hydrogen) atoms. The third kappa shape index (κ3) is 5.21. The maximum atomic E-state index is 11.8. The van der Waals surface area contributed by atoms with Gasteiger partial charge < -0.3 is 9.40 Å². The van der Waals surface area contributed by atoms with Gasteiger partial charge in [-0.3, -0.25) is 15.3 Å². The van der Waals surface area contributed by atoms with E-state index in [9.17, 15) is 4.79 Å². The van der Waals surface area contributed by atoms with Crippen molar-refractivity contribution < 1.29 is 9.63 Å². The summed E-state index contributed by atoms with van der Waals surface area (Å²) in [6, 6.07) is 5.92.